The van der Waals surface area contributed by atoms with Crippen LogP contribution in [-0.4, -0.2) is 43.1 Å². The molecule has 0 atom stereocenters. The summed E-state index contributed by atoms with van der Waals surface area (Å²) in [5, 5.41) is 8.37. The maximum atomic E-state index is 10.8. The van der Waals surface area contributed by atoms with Gasteiger partial charge >= 0.3 is 5.97 Å². The van der Waals surface area contributed by atoms with Crippen molar-refractivity contribution in [3.63, 3.8) is 0 Å². The second-order valence-corrected chi connectivity index (χ2v) is 5.03. The van der Waals surface area contributed by atoms with Crippen LogP contribution in [0.1, 0.15) is 6.42 Å². The molecule has 1 heterocycles. The van der Waals surface area contributed by atoms with E-state index in [-0.39, 0.29) is 12.3 Å². The average molecular weight is 193 g/mol. The van der Waals surface area contributed by atoms with Crippen LogP contribution >= 0.6 is 0 Å². The van der Waals surface area contributed by atoms with Gasteiger partial charge < -0.3 is 5.11 Å². The number of hydrogen-bond donors (Lipinski definition) is 1. The summed E-state index contributed by atoms with van der Waals surface area (Å²) in [6.45, 7) is 0.705. The highest BCUT2D eigenvalue weighted by molar-refractivity contribution is 7.88. The number of carboxylic acids is 1. The molecule has 6 heteroatoms. The van der Waals surface area contributed by atoms with Gasteiger partial charge in [0.05, 0.1) is 12.7 Å². The molecular weight excluding hydrogens is 182 g/mol. The monoisotopic (exact) mass is 193 g/mol. The van der Waals surface area contributed by atoms with Crippen molar-refractivity contribution in [3.8, 4) is 0 Å². The molecule has 0 aromatic carbocycles. The van der Waals surface area contributed by atoms with E-state index in [4.69, 9.17) is 5.11 Å². The van der Waals surface area contributed by atoms with Gasteiger partial charge in [-0.25, -0.2) is 12.7 Å². The van der Waals surface area contributed by atoms with Crippen molar-refractivity contribution in [2.45, 2.75) is 6.42 Å². The highest BCUT2D eigenvalue weighted by atomic mass is 32.2. The van der Waals surface area contributed by atoms with Crippen LogP contribution in [0.15, 0.2) is 0 Å². The fraction of sp³-hybridized carbons (Fsp3) is 0.833. The predicted octanol–water partition coefficient (Wildman–Crippen LogP) is -0.648. The van der Waals surface area contributed by atoms with E-state index in [1.807, 2.05) is 0 Å². The third-order valence-corrected chi connectivity index (χ3v) is 3.09. The Kier molecular flexibility index (Phi) is 2.39. The number of aliphatic carboxylic acids is 1. The molecule has 1 aliphatic rings. The predicted molar refractivity (Wildman–Crippen MR) is 42.2 cm³/mol. The van der Waals surface area contributed by atoms with Gasteiger partial charge in [-0.15, -0.1) is 0 Å². The quantitative estimate of drug-likeness (QED) is 0.646. The van der Waals surface area contributed by atoms with Crippen molar-refractivity contribution in [2.75, 3.05) is 19.3 Å². The molecular formula is C6H11NO4S. The normalized spacial score (nSPS) is 20.4. The van der Waals surface area contributed by atoms with Crippen molar-refractivity contribution in [3.05, 3.63) is 0 Å². The Morgan fingerprint density at radius 1 is 1.58 bits per heavy atom. The van der Waals surface area contributed by atoms with Crippen LogP contribution in [0.2, 0.25) is 0 Å². The van der Waals surface area contributed by atoms with Crippen LogP contribution in [0, 0.1) is 5.92 Å². The molecule has 0 unspecified atom stereocenters. The van der Waals surface area contributed by atoms with E-state index in [0.717, 1.165) is 6.26 Å². The summed E-state index contributed by atoms with van der Waals surface area (Å²) in [6.07, 6.45) is 1.19. The van der Waals surface area contributed by atoms with E-state index < -0.39 is 16.0 Å². The van der Waals surface area contributed by atoms with Crippen LogP contribution < -0.4 is 0 Å². The molecule has 0 aromatic rings. The molecule has 70 valence electrons. The molecule has 0 aliphatic carbocycles. The summed E-state index contributed by atoms with van der Waals surface area (Å²) in [4.78, 5) is 10.2. The zero-order chi connectivity index (χ0) is 9.35. The molecule has 0 amide bonds. The number of sulfonamides is 1. The smallest absolute Gasteiger partial charge is 0.303 e. The van der Waals surface area contributed by atoms with Gasteiger partial charge in [-0.05, 0) is 5.92 Å². The molecule has 5 nitrogen and oxygen atoms in total. The van der Waals surface area contributed by atoms with Crippen LogP contribution in [0.5, 0.6) is 0 Å². The van der Waals surface area contributed by atoms with Gasteiger partial charge in [0, 0.05) is 13.1 Å². The Hall–Kier alpha value is -0.620. The van der Waals surface area contributed by atoms with Crippen LogP contribution in [-0.2, 0) is 14.8 Å². The molecule has 1 N–H and O–H groups in total. The summed E-state index contributed by atoms with van der Waals surface area (Å²) >= 11 is 0. The van der Waals surface area contributed by atoms with E-state index >= 15 is 0 Å². The SMILES string of the molecule is CS(=O)(=O)N1CC(CC(=O)O)C1. The number of carbonyl (C=O) groups is 1. The lowest BCUT2D eigenvalue weighted by Gasteiger charge is -2.36. The van der Waals surface area contributed by atoms with E-state index in [2.05, 4.69) is 0 Å². The van der Waals surface area contributed by atoms with Crippen molar-refractivity contribution in [1.82, 2.24) is 4.31 Å². The fourth-order valence-corrected chi connectivity index (χ4v) is 2.13. The van der Waals surface area contributed by atoms with E-state index in [9.17, 15) is 13.2 Å². The van der Waals surface area contributed by atoms with Gasteiger partial charge in [0.15, 0.2) is 0 Å². The van der Waals surface area contributed by atoms with Crippen LogP contribution in [0.4, 0.5) is 0 Å². The Balaban J connectivity index is 2.34. The molecule has 0 aromatic heterocycles. The highest BCUT2D eigenvalue weighted by Gasteiger charge is 2.33. The molecule has 0 spiro atoms. The first-order valence-corrected chi connectivity index (χ1v) is 5.41. The summed E-state index contributed by atoms with van der Waals surface area (Å²) in [6, 6.07) is 0. The highest BCUT2D eigenvalue weighted by Crippen LogP contribution is 2.21. The maximum Gasteiger partial charge on any atom is 0.303 e. The minimum Gasteiger partial charge on any atom is -0.481 e. The first-order chi connectivity index (χ1) is 5.39. The standard InChI is InChI=1S/C6H11NO4S/c1-12(10,11)7-3-5(4-7)2-6(8)9/h5H,2-4H2,1H3,(H,8,9). The maximum absolute atomic E-state index is 10.8. The van der Waals surface area contributed by atoms with Crippen molar-refractivity contribution in [2.24, 2.45) is 5.92 Å². The zero-order valence-electron chi connectivity index (χ0n) is 6.73. The van der Waals surface area contributed by atoms with Crippen LogP contribution in [0.3, 0.4) is 0 Å². The molecule has 0 bridgehead atoms. The average Bonchev–Trinajstić information content (AvgIpc) is 1.73. The first kappa shape index (κ1) is 9.47. The summed E-state index contributed by atoms with van der Waals surface area (Å²) in [7, 11) is -3.09. The summed E-state index contributed by atoms with van der Waals surface area (Å²) < 4.78 is 22.9. The van der Waals surface area contributed by atoms with Gasteiger partial charge in [-0.1, -0.05) is 0 Å². The Bertz CT molecular complexity index is 278. The first-order valence-electron chi connectivity index (χ1n) is 3.56. The van der Waals surface area contributed by atoms with E-state index in [1.165, 1.54) is 4.31 Å². The fourth-order valence-electron chi connectivity index (χ4n) is 1.17. The van der Waals surface area contributed by atoms with Crippen molar-refractivity contribution < 1.29 is 18.3 Å². The molecule has 1 fully saturated rings. The summed E-state index contributed by atoms with van der Waals surface area (Å²) in [5.74, 6) is -0.870. The number of nitrogens with zero attached hydrogens (tertiary/aromatic N) is 1. The van der Waals surface area contributed by atoms with Gasteiger partial charge in [0.2, 0.25) is 10.0 Å². The molecule has 0 radical (unpaired) electrons. The Labute approximate surface area is 71.0 Å². The molecule has 1 aliphatic heterocycles. The van der Waals surface area contributed by atoms with E-state index in [1.54, 1.807) is 0 Å². The number of rotatable bonds is 3. The molecule has 0 saturated carbocycles. The zero-order valence-corrected chi connectivity index (χ0v) is 7.54. The lowest BCUT2D eigenvalue weighted by Crippen LogP contribution is -2.49. The van der Waals surface area contributed by atoms with Gasteiger partial charge in [-0.2, -0.15) is 0 Å². The largest absolute Gasteiger partial charge is 0.481 e. The number of hydrogen-bond acceptors (Lipinski definition) is 3. The Morgan fingerprint density at radius 2 is 2.08 bits per heavy atom. The topological polar surface area (TPSA) is 74.7 Å². The summed E-state index contributed by atoms with van der Waals surface area (Å²) in [5.41, 5.74) is 0. The molecule has 1 saturated heterocycles. The second kappa shape index (κ2) is 3.02. The third-order valence-electron chi connectivity index (χ3n) is 1.86. The van der Waals surface area contributed by atoms with E-state index in [0.29, 0.717) is 13.1 Å². The van der Waals surface area contributed by atoms with Crippen molar-refractivity contribution >= 4 is 16.0 Å². The minimum absolute atomic E-state index is 0.00257. The van der Waals surface area contributed by atoms with Crippen molar-refractivity contribution in [1.29, 1.82) is 0 Å². The lowest BCUT2D eigenvalue weighted by molar-refractivity contribution is -0.139. The molecule has 12 heavy (non-hydrogen) atoms. The minimum atomic E-state index is -3.09. The van der Waals surface area contributed by atoms with Gasteiger partial charge in [-0.3, -0.25) is 4.79 Å². The van der Waals surface area contributed by atoms with Gasteiger partial charge in [0.25, 0.3) is 0 Å². The lowest BCUT2D eigenvalue weighted by atomic mass is 10.00. The molecule has 1 rings (SSSR count). The van der Waals surface area contributed by atoms with Gasteiger partial charge in [0.1, 0.15) is 0 Å². The third kappa shape index (κ3) is 2.18. The number of carboxylic acid groups (broad SMARTS) is 1. The Morgan fingerprint density at radius 3 is 2.42 bits per heavy atom. The van der Waals surface area contributed by atoms with Crippen LogP contribution in [0.25, 0.3) is 0 Å². The second-order valence-electron chi connectivity index (χ2n) is 3.04.